The number of nitrogens with two attached hydrogens (primary N) is 1. The number of primary amides is 1. The third-order valence-electron chi connectivity index (χ3n) is 6.70. The van der Waals surface area contributed by atoms with Gasteiger partial charge in [-0.15, -0.1) is 0 Å². The highest BCUT2D eigenvalue weighted by molar-refractivity contribution is 6.12. The monoisotopic (exact) mass is 630 g/mol. The summed E-state index contributed by atoms with van der Waals surface area (Å²) in [7, 11) is 0. The van der Waals surface area contributed by atoms with Crippen LogP contribution in [0, 0.1) is 5.92 Å². The lowest BCUT2D eigenvalue weighted by Crippen LogP contribution is -2.54. The number of imide groups is 1. The van der Waals surface area contributed by atoms with Gasteiger partial charge in [-0.3, -0.25) is 33.7 Å². The maximum absolute atomic E-state index is 13.1. The molecule has 0 unspecified atom stereocenters. The van der Waals surface area contributed by atoms with Crippen LogP contribution in [0.25, 0.3) is 0 Å². The molecule has 0 aliphatic carbocycles. The van der Waals surface area contributed by atoms with Gasteiger partial charge in [-0.25, -0.2) is 4.79 Å². The number of carbonyl (C=O) groups excluding carboxylic acids is 7. The lowest BCUT2D eigenvalue weighted by atomic mass is 10.1. The third kappa shape index (κ3) is 13.2. The Hall–Kier alpha value is -4.79. The van der Waals surface area contributed by atoms with Crippen LogP contribution in [0.3, 0.4) is 0 Å². The topological polar surface area (TPSA) is 226 Å². The second-order valence-electron chi connectivity index (χ2n) is 10.7. The van der Waals surface area contributed by atoms with Crippen molar-refractivity contribution < 1.29 is 43.4 Å². The van der Waals surface area contributed by atoms with Crippen molar-refractivity contribution >= 4 is 47.2 Å². The first-order chi connectivity index (χ1) is 21.4. The Balaban J connectivity index is 1.90. The van der Waals surface area contributed by atoms with Gasteiger partial charge in [0, 0.05) is 37.3 Å². The van der Waals surface area contributed by atoms with Crippen LogP contribution >= 0.6 is 0 Å². The molecule has 246 valence electrons. The first-order valence-corrected chi connectivity index (χ1v) is 14.7. The van der Waals surface area contributed by atoms with E-state index >= 15 is 0 Å². The van der Waals surface area contributed by atoms with E-state index in [0.29, 0.717) is 30.5 Å². The van der Waals surface area contributed by atoms with E-state index in [4.69, 9.17) is 10.5 Å². The van der Waals surface area contributed by atoms with Crippen LogP contribution in [-0.2, 0) is 40.1 Å². The number of nitrogens with one attached hydrogen (secondary N) is 4. The highest BCUT2D eigenvalue weighted by Crippen LogP contribution is 2.13. The summed E-state index contributed by atoms with van der Waals surface area (Å²) in [5, 5.41) is 19.9. The maximum Gasteiger partial charge on any atom is 0.312 e. The van der Waals surface area contributed by atoms with E-state index in [1.54, 1.807) is 38.1 Å². The number of ether oxygens (including phenoxy) is 1. The van der Waals surface area contributed by atoms with Crippen LogP contribution in [0.1, 0.15) is 57.9 Å². The number of hydrogen-bond acceptors (Lipinski definition) is 9. The Morgan fingerprint density at radius 3 is 2.16 bits per heavy atom. The number of urea groups is 1. The van der Waals surface area contributed by atoms with Crippen molar-refractivity contribution in [1.82, 2.24) is 20.9 Å². The Kier molecular flexibility index (Phi) is 15.2. The minimum atomic E-state index is -1.32. The van der Waals surface area contributed by atoms with E-state index < -0.39 is 42.4 Å². The van der Waals surface area contributed by atoms with E-state index in [2.05, 4.69) is 21.3 Å². The molecule has 15 nitrogen and oxygen atoms in total. The first kappa shape index (κ1) is 36.4. The van der Waals surface area contributed by atoms with Crippen LogP contribution < -0.4 is 27.0 Å². The highest BCUT2D eigenvalue weighted by Gasteiger charge is 2.27. The largest absolute Gasteiger partial charge is 0.461 e. The third-order valence-corrected chi connectivity index (χ3v) is 6.70. The number of benzene rings is 1. The van der Waals surface area contributed by atoms with Crippen molar-refractivity contribution in [1.29, 1.82) is 0 Å². The van der Waals surface area contributed by atoms with Gasteiger partial charge >= 0.3 is 12.0 Å². The molecule has 2 atom stereocenters. The molecule has 0 aromatic heterocycles. The van der Waals surface area contributed by atoms with Crippen LogP contribution in [-0.4, -0.2) is 83.3 Å². The number of aliphatic hydroxyl groups excluding tert-OH is 1. The number of esters is 1. The molecule has 0 bridgehead atoms. The fraction of sp³-hybridized carbons (Fsp3) is 0.500. The lowest BCUT2D eigenvalue weighted by molar-refractivity contribution is -0.148. The fourth-order valence-electron chi connectivity index (χ4n) is 4.14. The van der Waals surface area contributed by atoms with Crippen LogP contribution in [0.2, 0.25) is 0 Å². The highest BCUT2D eigenvalue weighted by atomic mass is 16.5. The molecule has 0 radical (unpaired) electrons. The van der Waals surface area contributed by atoms with Gasteiger partial charge in [0.2, 0.25) is 17.7 Å². The number of unbranched alkanes of at least 4 members (excludes halogenated alkanes) is 2. The van der Waals surface area contributed by atoms with Crippen molar-refractivity contribution in [2.45, 2.75) is 71.1 Å². The summed E-state index contributed by atoms with van der Waals surface area (Å²) in [4.78, 5) is 85.5. The standard InChI is InChI=1S/C30H42N6O9/c1-19(2)29(43)45-18-20-9-11-21(12-10-20)33-27(41)22(7-6-15-32-30(31)44)35-28(42)23(17-37)34-24(38)8-4-3-5-16-36-25(39)13-14-26(36)40/h9-14,19,22-23,37H,3-8,15-18H2,1-2H3,(H,33,41)(H,34,38)(H,35,42)(H3,31,32,44)/t22-,23-/m0/s1. The van der Waals surface area contributed by atoms with Gasteiger partial charge < -0.3 is 36.8 Å². The normalized spacial score (nSPS) is 13.7. The van der Waals surface area contributed by atoms with Gasteiger partial charge in [0.1, 0.15) is 18.7 Å². The molecule has 0 saturated carbocycles. The van der Waals surface area contributed by atoms with E-state index in [9.17, 15) is 38.7 Å². The zero-order chi connectivity index (χ0) is 33.4. The summed E-state index contributed by atoms with van der Waals surface area (Å²) >= 11 is 0. The van der Waals surface area contributed by atoms with Crippen molar-refractivity contribution in [3.63, 3.8) is 0 Å². The van der Waals surface area contributed by atoms with Crippen LogP contribution in [0.4, 0.5) is 10.5 Å². The summed E-state index contributed by atoms with van der Waals surface area (Å²) in [6.07, 6.45) is 4.31. The average molecular weight is 631 g/mol. The average Bonchev–Trinajstić information content (AvgIpc) is 3.32. The van der Waals surface area contributed by atoms with Gasteiger partial charge in [-0.2, -0.15) is 0 Å². The predicted octanol–water partition coefficient (Wildman–Crippen LogP) is 0.220. The van der Waals surface area contributed by atoms with Crippen LogP contribution in [0.15, 0.2) is 36.4 Å². The Bertz CT molecular complexity index is 1230. The predicted molar refractivity (Wildman–Crippen MR) is 162 cm³/mol. The number of rotatable bonds is 19. The summed E-state index contributed by atoms with van der Waals surface area (Å²) in [6.45, 7) is 3.20. The first-order valence-electron chi connectivity index (χ1n) is 14.7. The molecule has 0 fully saturated rings. The Morgan fingerprint density at radius 2 is 1.56 bits per heavy atom. The van der Waals surface area contributed by atoms with Gasteiger partial charge in [0.05, 0.1) is 12.5 Å². The van der Waals surface area contributed by atoms with Crippen molar-refractivity contribution in [2.24, 2.45) is 11.7 Å². The molecule has 7 amide bonds. The minimum Gasteiger partial charge on any atom is -0.461 e. The fourth-order valence-corrected chi connectivity index (χ4v) is 4.14. The molecule has 7 N–H and O–H groups in total. The SMILES string of the molecule is CC(C)C(=O)OCc1ccc(NC(=O)[C@H](CCCNC(N)=O)NC(=O)[C@H](CO)NC(=O)CCCCCN2C(=O)C=CC2=O)cc1. The molecule has 1 aromatic rings. The lowest BCUT2D eigenvalue weighted by Gasteiger charge is -2.22. The van der Waals surface area contributed by atoms with E-state index in [1.807, 2.05) is 0 Å². The Labute approximate surface area is 261 Å². The van der Waals surface area contributed by atoms with Crippen LogP contribution in [0.5, 0.6) is 0 Å². The summed E-state index contributed by atoms with van der Waals surface area (Å²) in [5.41, 5.74) is 6.21. The van der Waals surface area contributed by atoms with E-state index in [-0.39, 0.29) is 62.7 Å². The van der Waals surface area contributed by atoms with E-state index in [1.165, 1.54) is 12.2 Å². The van der Waals surface area contributed by atoms with E-state index in [0.717, 1.165) is 4.90 Å². The number of carbonyl (C=O) groups is 7. The Morgan fingerprint density at radius 1 is 0.889 bits per heavy atom. The number of aliphatic hydroxyl groups is 1. The van der Waals surface area contributed by atoms with Crippen molar-refractivity contribution in [3.05, 3.63) is 42.0 Å². The second-order valence-corrected chi connectivity index (χ2v) is 10.7. The summed E-state index contributed by atoms with van der Waals surface area (Å²) in [6, 6.07) is 3.42. The van der Waals surface area contributed by atoms with Gasteiger partial charge in [-0.1, -0.05) is 32.4 Å². The molecule has 0 spiro atoms. The molecule has 45 heavy (non-hydrogen) atoms. The maximum atomic E-state index is 13.1. The number of amides is 7. The van der Waals surface area contributed by atoms with Gasteiger partial charge in [0.25, 0.3) is 11.8 Å². The minimum absolute atomic E-state index is 0.0410. The molecular formula is C30H42N6O9. The molecule has 1 aromatic carbocycles. The molecule has 15 heteroatoms. The number of anilines is 1. The van der Waals surface area contributed by atoms with Crippen molar-refractivity contribution in [2.75, 3.05) is 25.0 Å². The molecule has 1 heterocycles. The smallest absolute Gasteiger partial charge is 0.312 e. The number of nitrogens with zero attached hydrogens (tertiary/aromatic N) is 1. The molecule has 0 saturated heterocycles. The van der Waals surface area contributed by atoms with Gasteiger partial charge in [0.15, 0.2) is 0 Å². The summed E-state index contributed by atoms with van der Waals surface area (Å²) < 4.78 is 5.19. The zero-order valence-corrected chi connectivity index (χ0v) is 25.5. The van der Waals surface area contributed by atoms with Crippen molar-refractivity contribution in [3.8, 4) is 0 Å². The summed E-state index contributed by atoms with van der Waals surface area (Å²) in [5.74, 6) is -3.19. The molecule has 2 rings (SSSR count). The zero-order valence-electron chi connectivity index (χ0n) is 25.5. The molecule has 1 aliphatic rings. The quantitative estimate of drug-likeness (QED) is 0.0697. The molecule has 1 aliphatic heterocycles. The molecular weight excluding hydrogens is 588 g/mol. The van der Waals surface area contributed by atoms with Gasteiger partial charge in [-0.05, 0) is 43.4 Å². The number of hydrogen-bond donors (Lipinski definition) is 6. The second kappa shape index (κ2) is 18.8.